The number of rotatable bonds is 3. The van der Waals surface area contributed by atoms with Crippen LogP contribution in [0.3, 0.4) is 0 Å². The minimum Gasteiger partial charge on any atom is -0.0654 e. The maximum Gasteiger partial charge on any atom is 0.0264 e. The van der Waals surface area contributed by atoms with Crippen LogP contribution in [-0.4, -0.2) is 0 Å². The molecule has 0 nitrogen and oxygen atoms in total. The van der Waals surface area contributed by atoms with E-state index in [0.29, 0.717) is 6.42 Å². The first-order valence-corrected chi connectivity index (χ1v) is 3.27. The van der Waals surface area contributed by atoms with E-state index in [1.807, 2.05) is 0 Å². The topological polar surface area (TPSA) is 0 Å². The lowest BCUT2D eigenvalue weighted by Crippen LogP contribution is -2.07. The molecule has 0 atom stereocenters. The summed E-state index contributed by atoms with van der Waals surface area (Å²) in [5.41, 5.74) is 0.151. The van der Waals surface area contributed by atoms with Crippen LogP contribution < -0.4 is 0 Å². The van der Waals surface area contributed by atoms with Crippen LogP contribution in [0.5, 0.6) is 0 Å². The van der Waals surface area contributed by atoms with Crippen LogP contribution in [0.25, 0.3) is 0 Å². The lowest BCUT2D eigenvalue weighted by Gasteiger charge is -2.20. The van der Waals surface area contributed by atoms with Crippen molar-refractivity contribution in [2.75, 3.05) is 0 Å². The molecule has 0 aromatic rings. The van der Waals surface area contributed by atoms with Gasteiger partial charge in [-0.2, -0.15) is 0 Å². The summed E-state index contributed by atoms with van der Waals surface area (Å²) in [4.78, 5) is 0. The fourth-order valence-corrected chi connectivity index (χ4v) is 0.604. The summed E-state index contributed by atoms with van der Waals surface area (Å²) in [6.45, 7) is 7.96. The van der Waals surface area contributed by atoms with Crippen LogP contribution in [0.1, 0.15) is 49.7 Å². The van der Waals surface area contributed by atoms with E-state index < -0.39 is 6.37 Å². The van der Waals surface area contributed by atoms with Gasteiger partial charge >= 0.3 is 0 Å². The zero-order chi connectivity index (χ0) is 8.41. The highest BCUT2D eigenvalue weighted by Gasteiger charge is 2.11. The summed E-state index contributed by atoms with van der Waals surface area (Å²) in [7, 11) is 0. The molecule has 0 saturated heterocycles. The smallest absolute Gasteiger partial charge is 0.0264 e. The molecule has 50 valence electrons. The summed E-state index contributed by atoms with van der Waals surface area (Å²) in [6, 6.07) is 0. The monoisotopic (exact) mass is 116 g/mol. The zero-order valence-corrected chi connectivity index (χ0v) is 6.41. The summed E-state index contributed by atoms with van der Waals surface area (Å²) in [6.07, 6.45) is 0.677. The normalized spacial score (nSPS) is 17.5. The second-order valence-corrected chi connectivity index (χ2v) is 3.05. The molecule has 0 aliphatic heterocycles. The molecule has 0 N–H and O–H groups in total. The highest BCUT2D eigenvalue weighted by atomic mass is 14.2. The van der Waals surface area contributed by atoms with E-state index in [2.05, 4.69) is 20.8 Å². The minimum absolute atomic E-state index is 0.151. The van der Waals surface area contributed by atoms with E-state index in [-0.39, 0.29) is 5.41 Å². The van der Waals surface area contributed by atoms with Gasteiger partial charge in [0.1, 0.15) is 0 Å². The average molecular weight is 116 g/mol. The standard InChI is InChI=1S/C8H18/c1-5-7-8(3,4)6-2/h5-7H2,1-4H3/i5D2. The quantitative estimate of drug-likeness (QED) is 0.531. The van der Waals surface area contributed by atoms with E-state index in [4.69, 9.17) is 2.74 Å². The van der Waals surface area contributed by atoms with E-state index >= 15 is 0 Å². The van der Waals surface area contributed by atoms with Crippen LogP contribution in [0, 0.1) is 5.41 Å². The van der Waals surface area contributed by atoms with E-state index in [1.165, 1.54) is 0 Å². The molecule has 0 amide bonds. The molecule has 0 aliphatic rings. The van der Waals surface area contributed by atoms with Gasteiger partial charge in [-0.15, -0.1) is 0 Å². The summed E-state index contributed by atoms with van der Waals surface area (Å²) < 4.78 is 14.7. The Morgan fingerprint density at radius 3 is 2.00 bits per heavy atom. The molecule has 0 unspecified atom stereocenters. The molecule has 0 saturated carbocycles. The van der Waals surface area contributed by atoms with Crippen molar-refractivity contribution >= 4 is 0 Å². The van der Waals surface area contributed by atoms with Gasteiger partial charge in [0, 0.05) is 2.74 Å². The van der Waals surface area contributed by atoms with E-state index in [1.54, 1.807) is 6.92 Å². The van der Waals surface area contributed by atoms with Gasteiger partial charge in [0.2, 0.25) is 0 Å². The van der Waals surface area contributed by atoms with Gasteiger partial charge in [-0.3, -0.25) is 0 Å². The predicted octanol–water partition coefficient (Wildman–Crippen LogP) is 3.22. The molecule has 0 fully saturated rings. The molecule has 0 aromatic carbocycles. The average Bonchev–Trinajstić information content (AvgIpc) is 1.60. The fourth-order valence-electron chi connectivity index (χ4n) is 0.604. The molecule has 0 spiro atoms. The van der Waals surface area contributed by atoms with E-state index in [9.17, 15) is 0 Å². The molecule has 0 bridgehead atoms. The van der Waals surface area contributed by atoms with Crippen molar-refractivity contribution in [2.24, 2.45) is 5.41 Å². The third-order valence-corrected chi connectivity index (χ3v) is 1.61. The third kappa shape index (κ3) is 3.06. The van der Waals surface area contributed by atoms with Gasteiger partial charge < -0.3 is 0 Å². The molecule has 0 aromatic heterocycles. The van der Waals surface area contributed by atoms with Gasteiger partial charge in [-0.05, 0) is 11.8 Å². The molecular weight excluding hydrogens is 96.1 g/mol. The maximum absolute atomic E-state index is 7.36. The Kier molecular flexibility index (Phi) is 1.88. The van der Waals surface area contributed by atoms with Gasteiger partial charge in [-0.25, -0.2) is 0 Å². The molecule has 8 heavy (non-hydrogen) atoms. The van der Waals surface area contributed by atoms with Crippen LogP contribution in [-0.2, 0) is 0 Å². The van der Waals surface area contributed by atoms with Crippen molar-refractivity contribution in [3.63, 3.8) is 0 Å². The third-order valence-electron chi connectivity index (χ3n) is 1.61. The number of hydrogen-bond acceptors (Lipinski definition) is 0. The van der Waals surface area contributed by atoms with Crippen molar-refractivity contribution in [1.82, 2.24) is 0 Å². The van der Waals surface area contributed by atoms with Crippen LogP contribution in [0.15, 0.2) is 0 Å². The summed E-state index contributed by atoms with van der Waals surface area (Å²) in [5, 5.41) is 0. The highest BCUT2D eigenvalue weighted by Crippen LogP contribution is 2.25. The summed E-state index contributed by atoms with van der Waals surface area (Å²) >= 11 is 0. The Morgan fingerprint density at radius 2 is 1.88 bits per heavy atom. The maximum atomic E-state index is 7.36. The van der Waals surface area contributed by atoms with Crippen molar-refractivity contribution in [3.8, 4) is 0 Å². The van der Waals surface area contributed by atoms with Crippen molar-refractivity contribution < 1.29 is 2.74 Å². The molecule has 0 radical (unpaired) electrons. The van der Waals surface area contributed by atoms with Crippen LogP contribution in [0.2, 0.25) is 0 Å². The summed E-state index contributed by atoms with van der Waals surface area (Å²) in [5.74, 6) is 0. The lowest BCUT2D eigenvalue weighted by molar-refractivity contribution is 0.319. The fraction of sp³-hybridized carbons (Fsp3) is 1.00. The predicted molar refractivity (Wildman–Crippen MR) is 39.0 cm³/mol. The molecule has 0 rings (SSSR count). The SMILES string of the molecule is [2H]C([2H])(C)CC(C)(C)CC. The minimum atomic E-state index is -1.01. The largest absolute Gasteiger partial charge is 0.0654 e. The molecular formula is C8H18. The Bertz CT molecular complexity index is 100. The van der Waals surface area contributed by atoms with Crippen LogP contribution in [0.4, 0.5) is 0 Å². The molecule has 0 heterocycles. The number of hydrogen-bond donors (Lipinski definition) is 0. The second-order valence-electron chi connectivity index (χ2n) is 3.05. The lowest BCUT2D eigenvalue weighted by atomic mass is 9.86. The van der Waals surface area contributed by atoms with Gasteiger partial charge in [0.05, 0.1) is 0 Å². The van der Waals surface area contributed by atoms with Gasteiger partial charge in [0.25, 0.3) is 0 Å². The van der Waals surface area contributed by atoms with Crippen molar-refractivity contribution in [2.45, 2.75) is 46.9 Å². The first kappa shape index (κ1) is 4.84. The zero-order valence-electron chi connectivity index (χ0n) is 8.41. The second kappa shape index (κ2) is 3.11. The van der Waals surface area contributed by atoms with Gasteiger partial charge in [-0.1, -0.05) is 40.5 Å². The van der Waals surface area contributed by atoms with Crippen molar-refractivity contribution in [3.05, 3.63) is 0 Å². The Balaban J connectivity index is 3.89. The van der Waals surface area contributed by atoms with Gasteiger partial charge in [0.15, 0.2) is 0 Å². The Labute approximate surface area is 56.1 Å². The first-order chi connectivity index (χ1) is 4.27. The van der Waals surface area contributed by atoms with Crippen molar-refractivity contribution in [1.29, 1.82) is 0 Å². The molecule has 0 aliphatic carbocycles. The molecule has 0 heteroatoms. The first-order valence-electron chi connectivity index (χ1n) is 4.27. The van der Waals surface area contributed by atoms with E-state index in [0.717, 1.165) is 6.42 Å². The highest BCUT2D eigenvalue weighted by molar-refractivity contribution is 4.63. The Morgan fingerprint density at radius 1 is 1.38 bits per heavy atom. The Hall–Kier alpha value is 0. The van der Waals surface area contributed by atoms with Crippen LogP contribution >= 0.6 is 0 Å².